The van der Waals surface area contributed by atoms with Crippen molar-refractivity contribution >= 4 is 21.6 Å². The Hall–Kier alpha value is -0.820. The Kier molecular flexibility index (Phi) is 5.71. The lowest BCUT2D eigenvalue weighted by Gasteiger charge is -2.32. The Bertz CT molecular complexity index is 618. The Morgan fingerprint density at radius 3 is 2.73 bits per heavy atom. The third kappa shape index (κ3) is 4.13. The van der Waals surface area contributed by atoms with Gasteiger partial charge in [0.25, 0.3) is 0 Å². The number of hydrogen-bond acceptors (Lipinski definition) is 4. The lowest BCUT2D eigenvalue weighted by Crippen LogP contribution is -2.43. The van der Waals surface area contributed by atoms with Gasteiger partial charge in [0.15, 0.2) is 0 Å². The van der Waals surface area contributed by atoms with Gasteiger partial charge >= 0.3 is 0 Å². The van der Waals surface area contributed by atoms with Gasteiger partial charge < -0.3 is 9.47 Å². The van der Waals surface area contributed by atoms with E-state index < -0.39 is 10.0 Å². The number of rotatable bonds is 5. The predicted molar refractivity (Wildman–Crippen MR) is 85.9 cm³/mol. The second-order valence-corrected chi connectivity index (χ2v) is 7.91. The van der Waals surface area contributed by atoms with E-state index in [1.807, 2.05) is 0 Å². The van der Waals surface area contributed by atoms with Crippen LogP contribution >= 0.6 is 11.6 Å². The van der Waals surface area contributed by atoms with Crippen LogP contribution in [0.4, 0.5) is 0 Å². The van der Waals surface area contributed by atoms with Crippen LogP contribution in [0.5, 0.6) is 5.75 Å². The summed E-state index contributed by atoms with van der Waals surface area (Å²) < 4.78 is 38.4. The molecule has 2 rings (SSSR count). The molecule has 1 saturated heterocycles. The van der Waals surface area contributed by atoms with Crippen molar-refractivity contribution in [1.29, 1.82) is 0 Å². The fraction of sp³-hybridized carbons (Fsp3) is 0.600. The summed E-state index contributed by atoms with van der Waals surface area (Å²) in [5.41, 5.74) is 0. The Morgan fingerprint density at radius 2 is 2.14 bits per heavy atom. The van der Waals surface area contributed by atoms with E-state index in [0.29, 0.717) is 31.1 Å². The standard InChI is InChI=1S/C15H22ClNO4S/c1-10(2)15-8-11(6-7-21-15)17-22(18,19)12-4-5-14(20-3)13(16)9-12/h4-5,9-11,15,17H,6-8H2,1-3H3/t11-,15+/m0/s1. The van der Waals surface area contributed by atoms with Gasteiger partial charge in [-0.25, -0.2) is 13.1 Å². The zero-order valence-corrected chi connectivity index (χ0v) is 14.6. The Labute approximate surface area is 137 Å². The molecule has 5 nitrogen and oxygen atoms in total. The van der Waals surface area contributed by atoms with Crippen molar-refractivity contribution in [2.45, 2.75) is 43.7 Å². The van der Waals surface area contributed by atoms with Gasteiger partial charge in [0.05, 0.1) is 23.1 Å². The number of nitrogens with one attached hydrogen (secondary N) is 1. The van der Waals surface area contributed by atoms with E-state index in [4.69, 9.17) is 21.1 Å². The van der Waals surface area contributed by atoms with Crippen molar-refractivity contribution in [2.75, 3.05) is 13.7 Å². The molecule has 0 aliphatic carbocycles. The second-order valence-electron chi connectivity index (χ2n) is 5.79. The van der Waals surface area contributed by atoms with E-state index in [-0.39, 0.29) is 22.1 Å². The molecule has 0 spiro atoms. The molecule has 1 aliphatic heterocycles. The highest BCUT2D eigenvalue weighted by Crippen LogP contribution is 2.28. The molecule has 1 aromatic carbocycles. The topological polar surface area (TPSA) is 64.6 Å². The van der Waals surface area contributed by atoms with Crippen molar-refractivity contribution in [2.24, 2.45) is 5.92 Å². The molecule has 0 radical (unpaired) electrons. The molecule has 1 N–H and O–H groups in total. The number of benzene rings is 1. The monoisotopic (exact) mass is 347 g/mol. The molecule has 0 saturated carbocycles. The van der Waals surface area contributed by atoms with Gasteiger partial charge in [0, 0.05) is 12.6 Å². The molecule has 0 aromatic heterocycles. The first-order valence-electron chi connectivity index (χ1n) is 7.31. The molecular weight excluding hydrogens is 326 g/mol. The number of sulfonamides is 1. The van der Waals surface area contributed by atoms with Crippen molar-refractivity contribution in [1.82, 2.24) is 4.72 Å². The maximum absolute atomic E-state index is 12.5. The highest BCUT2D eigenvalue weighted by molar-refractivity contribution is 7.89. The summed E-state index contributed by atoms with van der Waals surface area (Å²) in [7, 11) is -2.11. The Morgan fingerprint density at radius 1 is 1.41 bits per heavy atom. The van der Waals surface area contributed by atoms with Crippen LogP contribution in [0.2, 0.25) is 5.02 Å². The van der Waals surface area contributed by atoms with Crippen LogP contribution < -0.4 is 9.46 Å². The molecular formula is C15H22ClNO4S. The normalized spacial score (nSPS) is 22.8. The molecule has 1 fully saturated rings. The molecule has 22 heavy (non-hydrogen) atoms. The van der Waals surface area contributed by atoms with Crippen LogP contribution in [0.25, 0.3) is 0 Å². The summed E-state index contributed by atoms with van der Waals surface area (Å²) in [5, 5.41) is 0.275. The third-order valence-electron chi connectivity index (χ3n) is 3.81. The van der Waals surface area contributed by atoms with Gasteiger partial charge in [0.1, 0.15) is 5.75 Å². The van der Waals surface area contributed by atoms with Crippen LogP contribution in [-0.2, 0) is 14.8 Å². The lowest BCUT2D eigenvalue weighted by molar-refractivity contribution is -0.0211. The molecule has 0 unspecified atom stereocenters. The SMILES string of the molecule is COc1ccc(S(=O)(=O)N[C@H]2CCO[C@@H](C(C)C)C2)cc1Cl. The van der Waals surface area contributed by atoms with Gasteiger partial charge in [-0.3, -0.25) is 0 Å². The maximum atomic E-state index is 12.5. The van der Waals surface area contributed by atoms with Crippen molar-refractivity contribution in [3.63, 3.8) is 0 Å². The average molecular weight is 348 g/mol. The highest BCUT2D eigenvalue weighted by atomic mass is 35.5. The lowest BCUT2D eigenvalue weighted by atomic mass is 9.96. The fourth-order valence-electron chi connectivity index (χ4n) is 2.50. The first-order valence-corrected chi connectivity index (χ1v) is 9.17. The van der Waals surface area contributed by atoms with Crippen LogP contribution in [0.3, 0.4) is 0 Å². The smallest absolute Gasteiger partial charge is 0.240 e. The quantitative estimate of drug-likeness (QED) is 0.889. The van der Waals surface area contributed by atoms with Crippen LogP contribution in [-0.4, -0.2) is 34.3 Å². The van der Waals surface area contributed by atoms with Gasteiger partial charge in [-0.1, -0.05) is 25.4 Å². The third-order valence-corrected chi connectivity index (χ3v) is 5.63. The number of hydrogen-bond donors (Lipinski definition) is 1. The van der Waals surface area contributed by atoms with E-state index >= 15 is 0 Å². The first-order chi connectivity index (χ1) is 10.3. The molecule has 1 heterocycles. The second kappa shape index (κ2) is 7.17. The predicted octanol–water partition coefficient (Wildman–Crippen LogP) is 2.83. The summed E-state index contributed by atoms with van der Waals surface area (Å²) >= 11 is 6.01. The van der Waals surface area contributed by atoms with Gasteiger partial charge in [-0.2, -0.15) is 0 Å². The van der Waals surface area contributed by atoms with Gasteiger partial charge in [0.2, 0.25) is 10.0 Å². The summed E-state index contributed by atoms with van der Waals surface area (Å²) in [5.74, 6) is 0.814. The molecule has 0 amide bonds. The first kappa shape index (κ1) is 17.5. The van der Waals surface area contributed by atoms with E-state index in [0.717, 1.165) is 0 Å². The van der Waals surface area contributed by atoms with E-state index in [2.05, 4.69) is 18.6 Å². The van der Waals surface area contributed by atoms with E-state index in [1.54, 1.807) is 6.07 Å². The zero-order valence-electron chi connectivity index (χ0n) is 13.0. The van der Waals surface area contributed by atoms with Crippen molar-refractivity contribution in [3.8, 4) is 5.75 Å². The summed E-state index contributed by atoms with van der Waals surface area (Å²) in [6.45, 7) is 4.72. The summed E-state index contributed by atoms with van der Waals surface area (Å²) in [4.78, 5) is 0.144. The van der Waals surface area contributed by atoms with Gasteiger partial charge in [-0.05, 0) is 37.0 Å². The Balaban J connectivity index is 2.12. The number of halogens is 1. The maximum Gasteiger partial charge on any atom is 0.240 e. The minimum absolute atomic E-state index is 0.0842. The molecule has 1 aliphatic rings. The zero-order chi connectivity index (χ0) is 16.3. The van der Waals surface area contributed by atoms with E-state index in [1.165, 1.54) is 19.2 Å². The fourth-order valence-corrected chi connectivity index (χ4v) is 4.13. The largest absolute Gasteiger partial charge is 0.495 e. The molecule has 7 heteroatoms. The molecule has 0 bridgehead atoms. The highest BCUT2D eigenvalue weighted by Gasteiger charge is 2.28. The number of ether oxygens (including phenoxy) is 2. The van der Waals surface area contributed by atoms with Crippen LogP contribution in [0, 0.1) is 5.92 Å². The van der Waals surface area contributed by atoms with Crippen molar-refractivity contribution in [3.05, 3.63) is 23.2 Å². The minimum atomic E-state index is -3.60. The van der Waals surface area contributed by atoms with Gasteiger partial charge in [-0.15, -0.1) is 0 Å². The summed E-state index contributed by atoms with van der Waals surface area (Å²) in [6, 6.07) is 4.33. The molecule has 2 atom stereocenters. The molecule has 1 aromatic rings. The van der Waals surface area contributed by atoms with Crippen LogP contribution in [0.1, 0.15) is 26.7 Å². The minimum Gasteiger partial charge on any atom is -0.495 e. The summed E-state index contributed by atoms with van der Waals surface area (Å²) in [6.07, 6.45) is 1.44. The van der Waals surface area contributed by atoms with Crippen LogP contribution in [0.15, 0.2) is 23.1 Å². The van der Waals surface area contributed by atoms with Crippen molar-refractivity contribution < 1.29 is 17.9 Å². The average Bonchev–Trinajstić information content (AvgIpc) is 2.47. The number of methoxy groups -OCH3 is 1. The van der Waals surface area contributed by atoms with E-state index in [9.17, 15) is 8.42 Å². The molecule has 124 valence electrons.